The highest BCUT2D eigenvalue weighted by atomic mass is 16.5. The second-order valence-electron chi connectivity index (χ2n) is 4.29. The van der Waals surface area contributed by atoms with E-state index in [4.69, 9.17) is 4.65 Å². The van der Waals surface area contributed by atoms with Crippen molar-refractivity contribution >= 4 is 12.9 Å². The first-order valence-corrected chi connectivity index (χ1v) is 5.17. The summed E-state index contributed by atoms with van der Waals surface area (Å²) in [6.07, 6.45) is 0.968. The second kappa shape index (κ2) is 2.86. The molecule has 0 amide bonds. The standard InChI is InChI=1S/C11H11BO3/c1-6(13)7-3-2-4-8-9-5-10(9)12(14)15-11(7)8/h2-4,9-10,14H,5H2,1H3/t9-,10-/m1/s1. The van der Waals surface area contributed by atoms with Crippen molar-refractivity contribution in [3.63, 3.8) is 0 Å². The van der Waals surface area contributed by atoms with E-state index in [-0.39, 0.29) is 11.6 Å². The third-order valence-corrected chi connectivity index (χ3v) is 3.27. The van der Waals surface area contributed by atoms with Crippen LogP contribution >= 0.6 is 0 Å². The van der Waals surface area contributed by atoms with Gasteiger partial charge >= 0.3 is 7.12 Å². The number of ketones is 1. The molecule has 1 N–H and O–H groups in total. The molecule has 1 heterocycles. The fourth-order valence-electron chi connectivity index (χ4n) is 2.35. The van der Waals surface area contributed by atoms with Gasteiger partial charge in [-0.1, -0.05) is 12.1 Å². The van der Waals surface area contributed by atoms with E-state index in [1.54, 1.807) is 6.07 Å². The number of Topliss-reactive ketones (excluding diaryl/α,β-unsaturated/α-hetero) is 1. The number of rotatable bonds is 1. The number of para-hydroxylation sites is 1. The molecule has 76 valence electrons. The van der Waals surface area contributed by atoms with E-state index in [0.29, 0.717) is 17.2 Å². The zero-order valence-corrected chi connectivity index (χ0v) is 8.43. The number of benzene rings is 1. The molecule has 0 aromatic heterocycles. The van der Waals surface area contributed by atoms with Crippen LogP contribution in [0.2, 0.25) is 5.82 Å². The Morgan fingerprint density at radius 3 is 3.13 bits per heavy atom. The van der Waals surface area contributed by atoms with Gasteiger partial charge in [0, 0.05) is 5.82 Å². The van der Waals surface area contributed by atoms with Gasteiger partial charge < -0.3 is 9.68 Å². The Morgan fingerprint density at radius 1 is 1.60 bits per heavy atom. The summed E-state index contributed by atoms with van der Waals surface area (Å²) in [7, 11) is -0.733. The van der Waals surface area contributed by atoms with Gasteiger partial charge in [-0.3, -0.25) is 4.79 Å². The molecule has 0 bridgehead atoms. The topological polar surface area (TPSA) is 46.5 Å². The zero-order valence-electron chi connectivity index (χ0n) is 8.43. The lowest BCUT2D eigenvalue weighted by molar-refractivity contribution is 0.101. The van der Waals surface area contributed by atoms with Crippen LogP contribution in [0.3, 0.4) is 0 Å². The van der Waals surface area contributed by atoms with E-state index in [2.05, 4.69) is 0 Å². The molecule has 2 atom stereocenters. The van der Waals surface area contributed by atoms with E-state index < -0.39 is 7.12 Å². The second-order valence-corrected chi connectivity index (χ2v) is 4.29. The molecule has 0 radical (unpaired) electrons. The van der Waals surface area contributed by atoms with Crippen LogP contribution in [0.5, 0.6) is 5.75 Å². The molecule has 0 saturated heterocycles. The Morgan fingerprint density at radius 2 is 2.40 bits per heavy atom. The van der Waals surface area contributed by atoms with Crippen LogP contribution in [0, 0.1) is 0 Å². The molecule has 1 aliphatic heterocycles. The van der Waals surface area contributed by atoms with Crippen molar-refractivity contribution in [3.05, 3.63) is 29.3 Å². The van der Waals surface area contributed by atoms with E-state index in [1.165, 1.54) is 6.92 Å². The molecular weight excluding hydrogens is 191 g/mol. The Bertz CT molecular complexity index is 443. The molecule has 1 aromatic carbocycles. The van der Waals surface area contributed by atoms with Gasteiger partial charge in [0.05, 0.1) is 5.56 Å². The van der Waals surface area contributed by atoms with Gasteiger partial charge in [0.2, 0.25) is 0 Å². The fraction of sp³-hybridized carbons (Fsp3) is 0.364. The van der Waals surface area contributed by atoms with Crippen molar-refractivity contribution in [2.24, 2.45) is 0 Å². The van der Waals surface area contributed by atoms with Crippen LogP contribution < -0.4 is 4.65 Å². The average Bonchev–Trinajstić information content (AvgIpc) is 2.97. The number of carbonyl (C=O) groups excluding carboxylic acids is 1. The van der Waals surface area contributed by atoms with E-state index in [1.807, 2.05) is 12.1 Å². The molecular formula is C11H11BO3. The normalized spacial score (nSPS) is 26.4. The summed E-state index contributed by atoms with van der Waals surface area (Å²) in [4.78, 5) is 11.4. The van der Waals surface area contributed by atoms with Crippen molar-refractivity contribution in [1.82, 2.24) is 0 Å². The Balaban J connectivity index is 2.14. The monoisotopic (exact) mass is 202 g/mol. The van der Waals surface area contributed by atoms with Crippen molar-refractivity contribution in [2.45, 2.75) is 25.1 Å². The molecule has 3 nitrogen and oxygen atoms in total. The van der Waals surface area contributed by atoms with Gasteiger partial charge in [-0.15, -0.1) is 0 Å². The fourth-order valence-corrected chi connectivity index (χ4v) is 2.35. The van der Waals surface area contributed by atoms with Crippen molar-refractivity contribution in [1.29, 1.82) is 0 Å². The molecule has 15 heavy (non-hydrogen) atoms. The maximum Gasteiger partial charge on any atom is 0.526 e. The van der Waals surface area contributed by atoms with Gasteiger partial charge in [-0.05, 0) is 30.9 Å². The maximum absolute atomic E-state index is 11.4. The summed E-state index contributed by atoms with van der Waals surface area (Å²) in [5, 5.41) is 9.64. The first-order chi connectivity index (χ1) is 7.18. The molecule has 4 heteroatoms. The Kier molecular flexibility index (Phi) is 1.71. The smallest absolute Gasteiger partial charge is 0.526 e. The lowest BCUT2D eigenvalue weighted by Gasteiger charge is -2.21. The SMILES string of the molecule is CC(=O)c1cccc2c1OB(O)[C@@H]1C[C@H]21. The molecule has 1 fully saturated rings. The van der Waals surface area contributed by atoms with E-state index >= 15 is 0 Å². The molecule has 2 aliphatic rings. The molecule has 0 unspecified atom stereocenters. The van der Waals surface area contributed by atoms with Gasteiger partial charge in [0.25, 0.3) is 0 Å². The van der Waals surface area contributed by atoms with Crippen LogP contribution in [0.4, 0.5) is 0 Å². The predicted octanol–water partition coefficient (Wildman–Crippen LogP) is 1.62. The third kappa shape index (κ3) is 1.21. The van der Waals surface area contributed by atoms with Gasteiger partial charge in [-0.25, -0.2) is 0 Å². The van der Waals surface area contributed by atoms with Crippen LogP contribution in [0.25, 0.3) is 0 Å². The number of hydrogen-bond acceptors (Lipinski definition) is 3. The van der Waals surface area contributed by atoms with Gasteiger partial charge in [0.15, 0.2) is 5.78 Å². The summed E-state index contributed by atoms with van der Waals surface area (Å²) in [6.45, 7) is 1.52. The summed E-state index contributed by atoms with van der Waals surface area (Å²) in [6, 6.07) is 5.61. The number of hydrogen-bond donors (Lipinski definition) is 1. The molecule has 0 spiro atoms. The van der Waals surface area contributed by atoms with Gasteiger partial charge in [0.1, 0.15) is 5.75 Å². The summed E-state index contributed by atoms with van der Waals surface area (Å²) >= 11 is 0. The minimum absolute atomic E-state index is 0.0156. The Hall–Kier alpha value is -1.29. The largest absolute Gasteiger partial charge is 0.535 e. The highest BCUT2D eigenvalue weighted by molar-refractivity contribution is 6.48. The molecule has 1 aromatic rings. The quantitative estimate of drug-likeness (QED) is 0.555. The van der Waals surface area contributed by atoms with Crippen LogP contribution in [-0.4, -0.2) is 17.9 Å². The van der Waals surface area contributed by atoms with E-state index in [9.17, 15) is 9.82 Å². The van der Waals surface area contributed by atoms with Crippen molar-refractivity contribution in [3.8, 4) is 5.75 Å². The molecule has 3 rings (SSSR count). The number of fused-ring (bicyclic) bond motifs is 3. The van der Waals surface area contributed by atoms with Crippen molar-refractivity contribution in [2.75, 3.05) is 0 Å². The maximum atomic E-state index is 11.4. The van der Waals surface area contributed by atoms with Crippen LogP contribution in [-0.2, 0) is 0 Å². The summed E-state index contributed by atoms with van der Waals surface area (Å²) < 4.78 is 5.41. The molecule has 1 aliphatic carbocycles. The zero-order chi connectivity index (χ0) is 10.6. The van der Waals surface area contributed by atoms with Crippen molar-refractivity contribution < 1.29 is 14.5 Å². The first-order valence-electron chi connectivity index (χ1n) is 5.17. The minimum Gasteiger partial charge on any atom is -0.535 e. The lowest BCUT2D eigenvalue weighted by atomic mass is 9.77. The summed E-state index contributed by atoms with van der Waals surface area (Å²) in [5.41, 5.74) is 1.66. The van der Waals surface area contributed by atoms with E-state index in [0.717, 1.165) is 12.0 Å². The highest BCUT2D eigenvalue weighted by Crippen LogP contribution is 2.60. The average molecular weight is 202 g/mol. The minimum atomic E-state index is -0.733. The van der Waals surface area contributed by atoms with Crippen LogP contribution in [0.15, 0.2) is 18.2 Å². The first kappa shape index (κ1) is 8.98. The highest BCUT2D eigenvalue weighted by Gasteiger charge is 2.54. The summed E-state index contributed by atoms with van der Waals surface area (Å²) in [5.74, 6) is 1.21. The Labute approximate surface area is 88.2 Å². The number of carbonyl (C=O) groups is 1. The molecule has 1 saturated carbocycles. The van der Waals surface area contributed by atoms with Gasteiger partial charge in [-0.2, -0.15) is 0 Å². The predicted molar refractivity (Wildman–Crippen MR) is 56.2 cm³/mol. The lowest BCUT2D eigenvalue weighted by Crippen LogP contribution is -2.27. The van der Waals surface area contributed by atoms with Crippen LogP contribution in [0.1, 0.15) is 35.2 Å². The third-order valence-electron chi connectivity index (χ3n) is 3.27.